The molecule has 0 heterocycles. The number of hydrogen-bond acceptors (Lipinski definition) is 1. The van der Waals surface area contributed by atoms with Crippen molar-refractivity contribution in [2.45, 2.75) is 6.42 Å². The van der Waals surface area contributed by atoms with Crippen LogP contribution in [0.15, 0.2) is 30.3 Å². The molecule has 0 aromatic heterocycles. The van der Waals surface area contributed by atoms with Crippen molar-refractivity contribution in [2.24, 2.45) is 0 Å². The molecule has 0 atom stereocenters. The molecule has 0 aliphatic heterocycles. The Bertz CT molecular complexity index is 235. The van der Waals surface area contributed by atoms with Gasteiger partial charge in [0, 0.05) is 0 Å². The Kier molecular flexibility index (Phi) is 4.19. The molecule has 0 saturated carbocycles. The zero-order chi connectivity index (χ0) is 8.10. The fraction of sp³-hybridized carbons (Fsp3) is 0.125. The molecule has 1 aromatic rings. The van der Waals surface area contributed by atoms with Crippen molar-refractivity contribution in [3.8, 4) is 0 Å². The predicted octanol–water partition coefficient (Wildman–Crippen LogP) is 0.810. The molecule has 2 nitrogen and oxygen atoms in total. The van der Waals surface area contributed by atoms with E-state index < -0.39 is 0 Å². The van der Waals surface area contributed by atoms with E-state index in [0.29, 0.717) is 6.42 Å². The van der Waals surface area contributed by atoms with Crippen LogP contribution in [0.4, 0.5) is 0 Å². The number of rotatable bonds is 2. The Labute approximate surface area is 97.4 Å². The third-order valence-electron chi connectivity index (χ3n) is 1.28. The van der Waals surface area contributed by atoms with Crippen LogP contribution in [0.1, 0.15) is 5.56 Å². The summed E-state index contributed by atoms with van der Waals surface area (Å²) in [6.45, 7) is 0. The number of benzene rings is 1. The van der Waals surface area contributed by atoms with Gasteiger partial charge in [-0.15, -0.1) is 0 Å². The van der Waals surface area contributed by atoms with Crippen LogP contribution in [-0.2, 0) is 11.2 Å². The van der Waals surface area contributed by atoms with Crippen molar-refractivity contribution in [1.82, 2.24) is 0.592 Å². The molecule has 65 valence electrons. The van der Waals surface area contributed by atoms with Crippen LogP contribution >= 0.6 is 0 Å². The van der Waals surface area contributed by atoms with E-state index in [0.717, 1.165) is 5.56 Å². The van der Waals surface area contributed by atoms with Gasteiger partial charge >= 0.3 is 98.7 Å². The molecule has 0 spiro atoms. The van der Waals surface area contributed by atoms with Crippen LogP contribution in [0.5, 0.6) is 0 Å². The number of nitrogens with one attached hydrogen (secondary N) is 1. The second-order valence-corrected chi connectivity index (χ2v) is 2.58. The van der Waals surface area contributed by atoms with E-state index >= 15 is 0 Å². The van der Waals surface area contributed by atoms with Crippen molar-refractivity contribution >= 4 is 5.91 Å². The van der Waals surface area contributed by atoms with Gasteiger partial charge in [0.2, 0.25) is 0 Å². The molecule has 1 rings (SSSR count). The molecular weight excluding hydrogens is 299 g/mol. The van der Waals surface area contributed by atoms with Gasteiger partial charge < -0.3 is 0 Å². The van der Waals surface area contributed by atoms with Crippen molar-refractivity contribution in [3.63, 3.8) is 0 Å². The summed E-state index contributed by atoms with van der Waals surface area (Å²) in [5.74, 6) is -0.00969. The van der Waals surface area contributed by atoms with Gasteiger partial charge in [0.05, 0.1) is 0 Å². The molecule has 0 saturated heterocycles. The van der Waals surface area contributed by atoms with Crippen molar-refractivity contribution < 1.29 is 49.9 Å². The second kappa shape index (κ2) is 4.96. The van der Waals surface area contributed by atoms with E-state index in [1.807, 2.05) is 30.3 Å². The number of carbonyl (C=O) groups is 1. The maximum absolute atomic E-state index is 10.8. The summed E-state index contributed by atoms with van der Waals surface area (Å²) in [7, 11) is 0. The molecule has 0 fully saturated rings. The first-order valence-corrected chi connectivity index (χ1v) is 4.06. The molecule has 1 N–H and O–H groups in total. The monoisotopic (exact) mass is 308 g/mol. The summed E-state index contributed by atoms with van der Waals surface area (Å²) >= 11 is 2.55. The Balaban J connectivity index is 2.58. The Morgan fingerprint density at radius 2 is 2.00 bits per heavy atom. The van der Waals surface area contributed by atoms with Crippen LogP contribution in [0.25, 0.3) is 0 Å². The van der Waals surface area contributed by atoms with E-state index in [1.54, 1.807) is 0 Å². The van der Waals surface area contributed by atoms with Gasteiger partial charge in [0.15, 0.2) is 0 Å². The standard InChI is InChI=1S/C8H9NO.Yb/c9-8(10)6-7-4-2-1-3-5-7;/h1-5H,6H2,(H2,9,10);/q;+1/p-1. The fourth-order valence-corrected chi connectivity index (χ4v) is 0.956. The minimum atomic E-state index is -0.00969. The van der Waals surface area contributed by atoms with E-state index in [4.69, 9.17) is 0 Å². The van der Waals surface area contributed by atoms with Crippen LogP contribution in [0.3, 0.4) is 0 Å². The average molecular weight is 307 g/mol. The van der Waals surface area contributed by atoms with E-state index in [2.05, 4.69) is 45.7 Å². The van der Waals surface area contributed by atoms with Gasteiger partial charge in [-0.1, -0.05) is 0 Å². The molecule has 1 aromatic carbocycles. The Hall–Kier alpha value is 0.209. The number of amides is 1. The van der Waals surface area contributed by atoms with Crippen LogP contribution < -0.4 is 0.592 Å². The first-order chi connectivity index (χ1) is 5.33. The van der Waals surface area contributed by atoms with Gasteiger partial charge in [0.25, 0.3) is 0 Å². The van der Waals surface area contributed by atoms with E-state index in [1.165, 1.54) is 0 Å². The molecule has 0 radical (unpaired) electrons. The van der Waals surface area contributed by atoms with Crippen molar-refractivity contribution in [3.05, 3.63) is 35.9 Å². The third kappa shape index (κ3) is 3.41. The molecule has 3 heteroatoms. The van der Waals surface area contributed by atoms with Gasteiger partial charge in [-0.3, -0.25) is 0 Å². The zero-order valence-corrected chi connectivity index (χ0v) is 7.48. The van der Waals surface area contributed by atoms with Crippen molar-refractivity contribution in [1.29, 1.82) is 0 Å². The molecule has 0 bridgehead atoms. The van der Waals surface area contributed by atoms with Gasteiger partial charge in [-0.2, -0.15) is 0 Å². The third-order valence-corrected chi connectivity index (χ3v) is 1.76. The SMILES string of the molecule is O=C(Cc1ccccc1)[NH][Yb]. The van der Waals surface area contributed by atoms with Gasteiger partial charge in [-0.05, 0) is 0 Å². The normalized spacial score (nSPS) is 9.27. The number of carbonyl (C=O) groups excluding carboxylic acids is 1. The molecular formula is C8H8NOYb. The Morgan fingerprint density at radius 1 is 1.36 bits per heavy atom. The summed E-state index contributed by atoms with van der Waals surface area (Å²) in [5, 5.41) is 0. The summed E-state index contributed by atoms with van der Waals surface area (Å²) in [6, 6.07) is 9.61. The van der Waals surface area contributed by atoms with E-state index in [-0.39, 0.29) is 5.91 Å². The quantitative estimate of drug-likeness (QED) is 0.861. The summed E-state index contributed by atoms with van der Waals surface area (Å²) in [6.07, 6.45) is 0.435. The molecule has 0 unspecified atom stereocenters. The second-order valence-electron chi connectivity index (χ2n) is 2.15. The van der Waals surface area contributed by atoms with E-state index in [9.17, 15) is 4.79 Å². The Morgan fingerprint density at radius 3 is 2.55 bits per heavy atom. The van der Waals surface area contributed by atoms with Crippen LogP contribution in [0.2, 0.25) is 0 Å². The van der Waals surface area contributed by atoms with Crippen molar-refractivity contribution in [2.75, 3.05) is 0 Å². The number of hydrogen-bond donors (Lipinski definition) is 1. The molecule has 11 heavy (non-hydrogen) atoms. The zero-order valence-electron chi connectivity index (χ0n) is 5.77. The summed E-state index contributed by atoms with van der Waals surface area (Å²) in [5.41, 5.74) is 1.03. The van der Waals surface area contributed by atoms with Gasteiger partial charge in [-0.25, -0.2) is 0 Å². The summed E-state index contributed by atoms with van der Waals surface area (Å²) in [4.78, 5) is 10.8. The first-order valence-electron chi connectivity index (χ1n) is 3.21. The van der Waals surface area contributed by atoms with Crippen LogP contribution in [-0.4, -0.2) is 5.91 Å². The molecule has 0 aliphatic rings. The topological polar surface area (TPSA) is 29.1 Å². The first kappa shape index (κ1) is 9.30. The predicted molar refractivity (Wildman–Crippen MR) is 38.3 cm³/mol. The molecule has 0 aliphatic carbocycles. The average Bonchev–Trinajstić information content (AvgIpc) is 2.06. The molecule has 1 amide bonds. The maximum atomic E-state index is 10.8. The van der Waals surface area contributed by atoms with Crippen LogP contribution in [0, 0.1) is 45.1 Å². The fourth-order valence-electron chi connectivity index (χ4n) is 0.805. The van der Waals surface area contributed by atoms with Gasteiger partial charge in [0.1, 0.15) is 0 Å². The summed E-state index contributed by atoms with van der Waals surface area (Å²) < 4.78 is 2.44. The minimum absolute atomic E-state index is 0.00969.